The number of esters is 1. The lowest BCUT2D eigenvalue weighted by molar-refractivity contribution is -0.143. The van der Waals surface area contributed by atoms with Crippen molar-refractivity contribution in [2.45, 2.75) is 13.0 Å². The molecule has 0 spiro atoms. The van der Waals surface area contributed by atoms with E-state index >= 15 is 0 Å². The predicted octanol–water partition coefficient (Wildman–Crippen LogP) is 0.634. The van der Waals surface area contributed by atoms with E-state index in [4.69, 9.17) is 22.7 Å². The number of hydrogen-bond donors (Lipinski definition) is 2. The van der Waals surface area contributed by atoms with Gasteiger partial charge in [-0.15, -0.1) is 0 Å². The van der Waals surface area contributed by atoms with Crippen LogP contribution >= 0.6 is 12.2 Å². The molecule has 0 bridgehead atoms. The number of rotatable bonds is 5. The van der Waals surface area contributed by atoms with Crippen LogP contribution in [0.4, 0.5) is 0 Å². The summed E-state index contributed by atoms with van der Waals surface area (Å²) >= 11 is 4.74. The van der Waals surface area contributed by atoms with Crippen LogP contribution in [0.5, 0.6) is 0 Å². The number of carbonyl (C=O) groups excluding carboxylic acids is 2. The summed E-state index contributed by atoms with van der Waals surface area (Å²) < 4.78 is 4.78. The summed E-state index contributed by atoms with van der Waals surface area (Å²) in [7, 11) is 0. The third-order valence-corrected chi connectivity index (χ3v) is 2.35. The number of benzene rings is 1. The van der Waals surface area contributed by atoms with E-state index < -0.39 is 17.9 Å². The normalized spacial score (nSPS) is 11.4. The second kappa shape index (κ2) is 6.70. The first kappa shape index (κ1) is 14.1. The monoisotopic (exact) mass is 266 g/mol. The molecule has 0 saturated heterocycles. The van der Waals surface area contributed by atoms with Gasteiger partial charge in [0.2, 0.25) is 0 Å². The lowest BCUT2D eigenvalue weighted by Gasteiger charge is -2.15. The Balaban J connectivity index is 2.76. The molecule has 1 unspecified atom stereocenters. The van der Waals surface area contributed by atoms with Gasteiger partial charge in [-0.05, 0) is 19.1 Å². The van der Waals surface area contributed by atoms with Gasteiger partial charge in [0.05, 0.1) is 6.61 Å². The fourth-order valence-corrected chi connectivity index (χ4v) is 1.43. The number of nitrogens with two attached hydrogens (primary N) is 1. The molecule has 18 heavy (non-hydrogen) atoms. The molecule has 1 amide bonds. The van der Waals surface area contributed by atoms with Gasteiger partial charge in [0.15, 0.2) is 6.04 Å². The van der Waals surface area contributed by atoms with Crippen LogP contribution < -0.4 is 11.1 Å². The Hall–Kier alpha value is -1.95. The van der Waals surface area contributed by atoms with Crippen LogP contribution in [0.25, 0.3) is 0 Å². The Kier molecular flexibility index (Phi) is 5.26. The number of nitrogens with one attached hydrogen (secondary N) is 1. The molecular formula is C12H14N2O3S. The first-order chi connectivity index (χ1) is 8.56. The number of ether oxygens (including phenoxy) is 1. The van der Waals surface area contributed by atoms with Crippen LogP contribution in [0.2, 0.25) is 0 Å². The van der Waals surface area contributed by atoms with E-state index in [1.165, 1.54) is 0 Å². The Bertz CT molecular complexity index is 448. The molecule has 6 heteroatoms. The summed E-state index contributed by atoms with van der Waals surface area (Å²) in [6, 6.07) is 7.36. The van der Waals surface area contributed by atoms with Crippen LogP contribution in [0.15, 0.2) is 30.3 Å². The second-order valence-corrected chi connectivity index (χ2v) is 3.90. The molecule has 0 radical (unpaired) electrons. The molecule has 1 aromatic carbocycles. The van der Waals surface area contributed by atoms with Gasteiger partial charge < -0.3 is 15.8 Å². The number of amides is 1. The smallest absolute Gasteiger partial charge is 0.335 e. The summed E-state index contributed by atoms with van der Waals surface area (Å²) in [6.07, 6.45) is 0. The van der Waals surface area contributed by atoms with Crippen molar-refractivity contribution in [1.29, 1.82) is 0 Å². The van der Waals surface area contributed by atoms with Crippen molar-refractivity contribution in [2.24, 2.45) is 5.73 Å². The van der Waals surface area contributed by atoms with E-state index in [0.29, 0.717) is 5.56 Å². The molecule has 1 rings (SSSR count). The molecule has 0 aliphatic rings. The van der Waals surface area contributed by atoms with Gasteiger partial charge in [-0.3, -0.25) is 4.79 Å². The predicted molar refractivity (Wildman–Crippen MR) is 71.1 cm³/mol. The van der Waals surface area contributed by atoms with Gasteiger partial charge in [-0.1, -0.05) is 30.4 Å². The SMILES string of the molecule is CCOC(=O)C(NC(=O)c1ccccc1)C(N)=S. The molecule has 0 aliphatic carbocycles. The lowest BCUT2D eigenvalue weighted by atomic mass is 10.2. The fraction of sp³-hybridized carbons (Fsp3) is 0.250. The molecule has 5 nitrogen and oxygen atoms in total. The van der Waals surface area contributed by atoms with Gasteiger partial charge in [0.25, 0.3) is 5.91 Å². The van der Waals surface area contributed by atoms with E-state index in [1.807, 2.05) is 0 Å². The Morgan fingerprint density at radius 2 is 2.00 bits per heavy atom. The summed E-state index contributed by atoms with van der Waals surface area (Å²) in [6.45, 7) is 1.85. The average Bonchev–Trinajstić information content (AvgIpc) is 2.36. The molecule has 0 aliphatic heterocycles. The minimum Gasteiger partial charge on any atom is -0.464 e. The van der Waals surface area contributed by atoms with Crippen molar-refractivity contribution in [3.8, 4) is 0 Å². The maximum Gasteiger partial charge on any atom is 0.335 e. The summed E-state index contributed by atoms with van der Waals surface area (Å²) in [5.41, 5.74) is 5.83. The quantitative estimate of drug-likeness (QED) is 0.603. The maximum absolute atomic E-state index is 11.8. The topological polar surface area (TPSA) is 81.4 Å². The Morgan fingerprint density at radius 1 is 1.39 bits per heavy atom. The van der Waals surface area contributed by atoms with Crippen molar-refractivity contribution < 1.29 is 14.3 Å². The molecule has 0 heterocycles. The molecule has 0 aromatic heterocycles. The van der Waals surface area contributed by atoms with Crippen molar-refractivity contribution in [3.63, 3.8) is 0 Å². The second-order valence-electron chi connectivity index (χ2n) is 3.43. The summed E-state index contributed by atoms with van der Waals surface area (Å²) in [5, 5.41) is 2.44. The molecule has 1 aromatic rings. The number of thiocarbonyl (C=S) groups is 1. The number of carbonyl (C=O) groups is 2. The van der Waals surface area contributed by atoms with Gasteiger partial charge in [-0.2, -0.15) is 0 Å². The Labute approximate surface area is 110 Å². The van der Waals surface area contributed by atoms with E-state index in [1.54, 1.807) is 37.3 Å². The highest BCUT2D eigenvalue weighted by atomic mass is 32.1. The maximum atomic E-state index is 11.8. The van der Waals surface area contributed by atoms with Gasteiger partial charge >= 0.3 is 5.97 Å². The fourth-order valence-electron chi connectivity index (χ4n) is 1.28. The largest absolute Gasteiger partial charge is 0.464 e. The number of hydrogen-bond acceptors (Lipinski definition) is 4. The van der Waals surface area contributed by atoms with Crippen LogP contribution in [-0.4, -0.2) is 29.5 Å². The average molecular weight is 266 g/mol. The van der Waals surface area contributed by atoms with E-state index in [2.05, 4.69) is 5.32 Å². The third-order valence-electron chi connectivity index (χ3n) is 2.12. The van der Waals surface area contributed by atoms with Crippen LogP contribution in [0, 0.1) is 0 Å². The molecular weight excluding hydrogens is 252 g/mol. The zero-order valence-electron chi connectivity index (χ0n) is 9.88. The van der Waals surface area contributed by atoms with E-state index in [-0.39, 0.29) is 11.6 Å². The van der Waals surface area contributed by atoms with Gasteiger partial charge in [-0.25, -0.2) is 4.79 Å². The highest BCUT2D eigenvalue weighted by Crippen LogP contribution is 2.00. The molecule has 96 valence electrons. The van der Waals surface area contributed by atoms with Crippen molar-refractivity contribution >= 4 is 29.1 Å². The van der Waals surface area contributed by atoms with Crippen molar-refractivity contribution in [2.75, 3.05) is 6.61 Å². The minimum absolute atomic E-state index is 0.127. The molecule has 1 atom stereocenters. The Morgan fingerprint density at radius 3 is 2.50 bits per heavy atom. The van der Waals surface area contributed by atoms with Gasteiger partial charge in [0, 0.05) is 5.56 Å². The lowest BCUT2D eigenvalue weighted by Crippen LogP contribution is -2.49. The van der Waals surface area contributed by atoms with E-state index in [0.717, 1.165) is 0 Å². The van der Waals surface area contributed by atoms with Crippen LogP contribution in [0.1, 0.15) is 17.3 Å². The first-order valence-corrected chi connectivity index (χ1v) is 5.79. The zero-order valence-corrected chi connectivity index (χ0v) is 10.7. The molecule has 3 N–H and O–H groups in total. The van der Waals surface area contributed by atoms with Crippen LogP contribution in [-0.2, 0) is 9.53 Å². The van der Waals surface area contributed by atoms with Crippen molar-refractivity contribution in [1.82, 2.24) is 5.32 Å². The minimum atomic E-state index is -1.10. The van der Waals surface area contributed by atoms with Crippen molar-refractivity contribution in [3.05, 3.63) is 35.9 Å². The molecule has 0 fully saturated rings. The third kappa shape index (κ3) is 3.81. The first-order valence-electron chi connectivity index (χ1n) is 5.38. The van der Waals surface area contributed by atoms with Gasteiger partial charge in [0.1, 0.15) is 4.99 Å². The van der Waals surface area contributed by atoms with Crippen LogP contribution in [0.3, 0.4) is 0 Å². The summed E-state index contributed by atoms with van der Waals surface area (Å²) in [4.78, 5) is 23.3. The standard InChI is InChI=1S/C12H14N2O3S/c1-2-17-12(16)9(10(13)18)14-11(15)8-6-4-3-5-7-8/h3-7,9H,2H2,1H3,(H2,13,18)(H,14,15). The zero-order chi connectivity index (χ0) is 13.5. The highest BCUT2D eigenvalue weighted by Gasteiger charge is 2.25. The van der Waals surface area contributed by atoms with E-state index in [9.17, 15) is 9.59 Å². The highest BCUT2D eigenvalue weighted by molar-refractivity contribution is 7.80. The summed E-state index contributed by atoms with van der Waals surface area (Å²) in [5.74, 6) is -1.09. The molecule has 0 saturated carbocycles.